The number of aromatic amines is 1. The molecule has 0 saturated heterocycles. The maximum Gasteiger partial charge on any atom is 0.328 e. The molecule has 5 heteroatoms. The first kappa shape index (κ1) is 15.1. The molecule has 0 aliphatic heterocycles. The second-order valence-corrected chi connectivity index (χ2v) is 6.05. The number of rotatable bonds is 5. The molecule has 0 aliphatic rings. The molecule has 0 radical (unpaired) electrons. The van der Waals surface area contributed by atoms with Gasteiger partial charge in [0.25, 0.3) is 0 Å². The van der Waals surface area contributed by atoms with E-state index in [1.165, 1.54) is 0 Å². The molecule has 0 unspecified atom stereocenters. The SMILES string of the molecule is CC(C)Cn1cnc(-c2cc3cc(/C=C/C(=O)O)ccc3[nH]2)c1. The van der Waals surface area contributed by atoms with Gasteiger partial charge >= 0.3 is 5.97 Å². The second kappa shape index (κ2) is 6.12. The van der Waals surface area contributed by atoms with E-state index in [1.807, 2.05) is 36.8 Å². The largest absolute Gasteiger partial charge is 0.478 e. The fraction of sp³-hybridized carbons (Fsp3) is 0.222. The molecule has 5 nitrogen and oxygen atoms in total. The smallest absolute Gasteiger partial charge is 0.328 e. The zero-order valence-electron chi connectivity index (χ0n) is 13.2. The molecule has 23 heavy (non-hydrogen) atoms. The van der Waals surface area contributed by atoms with Crippen molar-refractivity contribution in [2.45, 2.75) is 20.4 Å². The molecule has 0 spiro atoms. The predicted molar refractivity (Wildman–Crippen MR) is 91.0 cm³/mol. The quantitative estimate of drug-likeness (QED) is 0.704. The monoisotopic (exact) mass is 309 g/mol. The number of aromatic nitrogens is 3. The molecule has 2 N–H and O–H groups in total. The van der Waals surface area contributed by atoms with Crippen molar-refractivity contribution >= 4 is 22.9 Å². The molecule has 118 valence electrons. The summed E-state index contributed by atoms with van der Waals surface area (Å²) in [5.74, 6) is -0.376. The summed E-state index contributed by atoms with van der Waals surface area (Å²) in [4.78, 5) is 18.4. The lowest BCUT2D eigenvalue weighted by Crippen LogP contribution is -2.00. The van der Waals surface area contributed by atoms with E-state index in [4.69, 9.17) is 5.11 Å². The van der Waals surface area contributed by atoms with Crippen LogP contribution in [0.15, 0.2) is 42.9 Å². The van der Waals surface area contributed by atoms with Gasteiger partial charge < -0.3 is 14.7 Å². The zero-order chi connectivity index (χ0) is 16.4. The van der Waals surface area contributed by atoms with Crippen LogP contribution in [0.2, 0.25) is 0 Å². The number of imidazole rings is 1. The standard InChI is InChI=1S/C18H19N3O2/c1-12(2)9-21-10-17(19-11-21)16-8-14-7-13(4-6-18(22)23)3-5-15(14)20-16/h3-8,10-12,20H,9H2,1-2H3,(H,22,23)/b6-4+. The van der Waals surface area contributed by atoms with Gasteiger partial charge in [0.05, 0.1) is 12.0 Å². The number of carbonyl (C=O) groups is 1. The number of nitrogens with one attached hydrogen (secondary N) is 1. The van der Waals surface area contributed by atoms with E-state index in [0.717, 1.165) is 40.5 Å². The van der Waals surface area contributed by atoms with Crippen molar-refractivity contribution < 1.29 is 9.90 Å². The highest BCUT2D eigenvalue weighted by Crippen LogP contribution is 2.24. The molecular formula is C18H19N3O2. The topological polar surface area (TPSA) is 70.9 Å². The fourth-order valence-electron chi connectivity index (χ4n) is 2.58. The number of aliphatic carboxylic acids is 1. The summed E-state index contributed by atoms with van der Waals surface area (Å²) in [6.45, 7) is 5.29. The third kappa shape index (κ3) is 3.51. The van der Waals surface area contributed by atoms with Crippen LogP contribution in [0.25, 0.3) is 28.4 Å². The molecule has 2 aromatic heterocycles. The maximum atomic E-state index is 10.6. The van der Waals surface area contributed by atoms with E-state index >= 15 is 0 Å². The van der Waals surface area contributed by atoms with Gasteiger partial charge in [0.2, 0.25) is 0 Å². The minimum atomic E-state index is -0.949. The number of benzene rings is 1. The molecule has 3 rings (SSSR count). The van der Waals surface area contributed by atoms with Gasteiger partial charge in [-0.2, -0.15) is 0 Å². The van der Waals surface area contributed by atoms with E-state index < -0.39 is 5.97 Å². The number of carboxylic acids is 1. The van der Waals surface area contributed by atoms with Crippen LogP contribution in [0.4, 0.5) is 0 Å². The normalized spacial score (nSPS) is 11.8. The summed E-state index contributed by atoms with van der Waals surface area (Å²) in [6, 6.07) is 7.83. The maximum absolute atomic E-state index is 10.6. The van der Waals surface area contributed by atoms with Gasteiger partial charge in [0, 0.05) is 29.7 Å². The summed E-state index contributed by atoms with van der Waals surface area (Å²) >= 11 is 0. The molecule has 0 bridgehead atoms. The van der Waals surface area contributed by atoms with E-state index in [1.54, 1.807) is 6.08 Å². The molecule has 1 aromatic carbocycles. The Morgan fingerprint density at radius 1 is 1.39 bits per heavy atom. The van der Waals surface area contributed by atoms with E-state index in [-0.39, 0.29) is 0 Å². The van der Waals surface area contributed by atoms with Crippen LogP contribution in [-0.2, 0) is 11.3 Å². The zero-order valence-corrected chi connectivity index (χ0v) is 13.2. The summed E-state index contributed by atoms with van der Waals surface area (Å²) in [6.07, 6.45) is 6.62. The highest BCUT2D eigenvalue weighted by atomic mass is 16.4. The van der Waals surface area contributed by atoms with Crippen LogP contribution in [-0.4, -0.2) is 25.6 Å². The van der Waals surface area contributed by atoms with Gasteiger partial charge in [0.15, 0.2) is 0 Å². The second-order valence-electron chi connectivity index (χ2n) is 6.05. The highest BCUT2D eigenvalue weighted by molar-refractivity contribution is 5.89. The number of H-pyrrole nitrogens is 1. The molecule has 0 amide bonds. The minimum absolute atomic E-state index is 0.573. The molecule has 3 aromatic rings. The molecule has 0 fully saturated rings. The van der Waals surface area contributed by atoms with Crippen molar-refractivity contribution in [3.05, 3.63) is 48.4 Å². The summed E-state index contributed by atoms with van der Waals surface area (Å²) < 4.78 is 2.09. The lowest BCUT2D eigenvalue weighted by atomic mass is 10.1. The van der Waals surface area contributed by atoms with E-state index in [2.05, 4.69) is 28.4 Å². The number of hydrogen-bond donors (Lipinski definition) is 2. The highest BCUT2D eigenvalue weighted by Gasteiger charge is 2.07. The third-order valence-corrected chi connectivity index (χ3v) is 3.55. The van der Waals surface area contributed by atoms with Gasteiger partial charge in [0.1, 0.15) is 5.69 Å². The number of nitrogens with zero attached hydrogens (tertiary/aromatic N) is 2. The third-order valence-electron chi connectivity index (χ3n) is 3.55. The first-order valence-electron chi connectivity index (χ1n) is 7.57. The van der Waals surface area contributed by atoms with Crippen molar-refractivity contribution in [3.8, 4) is 11.4 Å². The van der Waals surface area contributed by atoms with Crippen LogP contribution in [0.3, 0.4) is 0 Å². The predicted octanol–water partition coefficient (Wildman–Crippen LogP) is 3.79. The average molecular weight is 309 g/mol. The number of fused-ring (bicyclic) bond motifs is 1. The van der Waals surface area contributed by atoms with E-state index in [9.17, 15) is 4.79 Å². The van der Waals surface area contributed by atoms with Crippen LogP contribution in [0.1, 0.15) is 19.4 Å². The van der Waals surface area contributed by atoms with E-state index in [0.29, 0.717) is 5.92 Å². The van der Waals surface area contributed by atoms with Crippen molar-refractivity contribution in [2.24, 2.45) is 5.92 Å². The molecule has 2 heterocycles. The minimum Gasteiger partial charge on any atom is -0.478 e. The lowest BCUT2D eigenvalue weighted by Gasteiger charge is -2.03. The van der Waals surface area contributed by atoms with Crippen LogP contribution >= 0.6 is 0 Å². The van der Waals surface area contributed by atoms with Crippen LogP contribution in [0.5, 0.6) is 0 Å². The van der Waals surface area contributed by atoms with Crippen molar-refractivity contribution in [1.82, 2.24) is 14.5 Å². The Hall–Kier alpha value is -2.82. The molecular weight excluding hydrogens is 290 g/mol. The first-order valence-corrected chi connectivity index (χ1v) is 7.57. The van der Waals surface area contributed by atoms with Gasteiger partial charge in [-0.3, -0.25) is 0 Å². The summed E-state index contributed by atoms with van der Waals surface area (Å²) in [5, 5.41) is 9.74. The number of carboxylic acid groups (broad SMARTS) is 1. The Bertz CT molecular complexity index is 871. The Morgan fingerprint density at radius 3 is 2.96 bits per heavy atom. The summed E-state index contributed by atoms with van der Waals surface area (Å²) in [7, 11) is 0. The lowest BCUT2D eigenvalue weighted by molar-refractivity contribution is -0.131. The molecule has 0 atom stereocenters. The number of hydrogen-bond acceptors (Lipinski definition) is 2. The van der Waals surface area contributed by atoms with Crippen molar-refractivity contribution in [2.75, 3.05) is 0 Å². The first-order chi connectivity index (χ1) is 11.0. The van der Waals surface area contributed by atoms with Crippen LogP contribution < -0.4 is 0 Å². The Balaban J connectivity index is 1.90. The fourth-order valence-corrected chi connectivity index (χ4v) is 2.58. The Kier molecular flexibility index (Phi) is 4.02. The van der Waals surface area contributed by atoms with Crippen molar-refractivity contribution in [1.29, 1.82) is 0 Å². The van der Waals surface area contributed by atoms with Crippen LogP contribution in [0, 0.1) is 5.92 Å². The van der Waals surface area contributed by atoms with Gasteiger partial charge in [-0.15, -0.1) is 0 Å². The molecule has 0 saturated carbocycles. The van der Waals surface area contributed by atoms with Gasteiger partial charge in [-0.25, -0.2) is 9.78 Å². The average Bonchev–Trinajstić information content (AvgIpc) is 3.09. The Labute approximate surface area is 134 Å². The van der Waals surface area contributed by atoms with Crippen molar-refractivity contribution in [3.63, 3.8) is 0 Å². The van der Waals surface area contributed by atoms with Gasteiger partial charge in [-0.1, -0.05) is 19.9 Å². The Morgan fingerprint density at radius 2 is 2.22 bits per heavy atom. The van der Waals surface area contributed by atoms with Gasteiger partial charge in [-0.05, 0) is 35.8 Å². The molecule has 0 aliphatic carbocycles. The summed E-state index contributed by atoms with van der Waals surface area (Å²) in [5.41, 5.74) is 3.73.